The molecule has 0 aliphatic carbocycles. The summed E-state index contributed by atoms with van der Waals surface area (Å²) < 4.78 is 0. The van der Waals surface area contributed by atoms with Crippen LogP contribution in [0.3, 0.4) is 0 Å². The predicted molar refractivity (Wildman–Crippen MR) is 73.3 cm³/mol. The van der Waals surface area contributed by atoms with Gasteiger partial charge >= 0.3 is 0 Å². The lowest BCUT2D eigenvalue weighted by Crippen LogP contribution is -2.24. The first-order valence-electron chi connectivity index (χ1n) is 6.10. The number of rotatable bonds is 5. The Labute approximate surface area is 107 Å². The minimum Gasteiger partial charge on any atom is -0.361 e. The van der Waals surface area contributed by atoms with Gasteiger partial charge in [-0.25, -0.2) is 0 Å². The summed E-state index contributed by atoms with van der Waals surface area (Å²) in [5.74, 6) is 2.55. The molecule has 0 aliphatic heterocycles. The Bertz CT molecular complexity index is 577. The van der Waals surface area contributed by atoms with Gasteiger partial charge < -0.3 is 10.3 Å². The summed E-state index contributed by atoms with van der Waals surface area (Å²) in [6.45, 7) is 0.670. The van der Waals surface area contributed by atoms with Crippen molar-refractivity contribution in [2.24, 2.45) is 0 Å². The number of aromatic amines is 1. The third-order valence-corrected chi connectivity index (χ3v) is 2.85. The van der Waals surface area contributed by atoms with E-state index in [1.54, 1.807) is 0 Å². The fourth-order valence-corrected chi connectivity index (χ4v) is 1.85. The largest absolute Gasteiger partial charge is 0.361 e. The normalized spacial score (nSPS) is 10.2. The molecule has 0 fully saturated rings. The first-order chi connectivity index (χ1) is 8.81. The zero-order chi connectivity index (χ0) is 12.8. The Hall–Kier alpha value is -2.21. The number of unbranched alkanes of at least 4 members (excludes halogenated alkanes) is 2. The summed E-state index contributed by atoms with van der Waals surface area (Å²) in [4.78, 5) is 15.0. The number of hydrogen-bond acceptors (Lipinski definition) is 1. The maximum atomic E-state index is 11.9. The first kappa shape index (κ1) is 12.3. The van der Waals surface area contributed by atoms with Crippen LogP contribution in [0.5, 0.6) is 0 Å². The van der Waals surface area contributed by atoms with E-state index in [1.165, 1.54) is 0 Å². The molecule has 0 unspecified atom stereocenters. The minimum atomic E-state index is -0.0350. The molecule has 3 heteroatoms. The summed E-state index contributed by atoms with van der Waals surface area (Å²) >= 11 is 0. The molecule has 0 radical (unpaired) electrons. The van der Waals surface area contributed by atoms with Crippen LogP contribution >= 0.6 is 0 Å². The average molecular weight is 240 g/mol. The highest BCUT2D eigenvalue weighted by Crippen LogP contribution is 2.13. The number of fused-ring (bicyclic) bond motifs is 1. The second-order valence-corrected chi connectivity index (χ2v) is 4.20. The number of amides is 1. The van der Waals surface area contributed by atoms with Gasteiger partial charge in [0, 0.05) is 30.2 Å². The van der Waals surface area contributed by atoms with Crippen LogP contribution in [0.4, 0.5) is 0 Å². The summed E-state index contributed by atoms with van der Waals surface area (Å²) in [7, 11) is 0. The van der Waals surface area contributed by atoms with E-state index in [9.17, 15) is 4.79 Å². The molecule has 2 N–H and O–H groups in total. The van der Waals surface area contributed by atoms with Gasteiger partial charge in [0.05, 0.1) is 0 Å². The molecular weight excluding hydrogens is 224 g/mol. The van der Waals surface area contributed by atoms with Gasteiger partial charge in [-0.05, 0) is 36.4 Å². The van der Waals surface area contributed by atoms with Crippen molar-refractivity contribution in [3.63, 3.8) is 0 Å². The highest BCUT2D eigenvalue weighted by Gasteiger charge is 2.05. The Kier molecular flexibility index (Phi) is 4.03. The summed E-state index contributed by atoms with van der Waals surface area (Å²) in [5.41, 5.74) is 1.66. The van der Waals surface area contributed by atoms with Crippen LogP contribution < -0.4 is 5.32 Å². The fourth-order valence-electron chi connectivity index (χ4n) is 1.85. The molecule has 0 spiro atoms. The van der Waals surface area contributed by atoms with Gasteiger partial charge in [-0.3, -0.25) is 4.79 Å². The van der Waals surface area contributed by atoms with Crippen molar-refractivity contribution >= 4 is 16.8 Å². The summed E-state index contributed by atoms with van der Waals surface area (Å²) in [6.07, 6.45) is 9.67. The number of H-pyrrole nitrogens is 1. The molecule has 0 saturated heterocycles. The average Bonchev–Trinajstić information content (AvgIpc) is 2.85. The SMILES string of the molecule is C#CCCCCNC(=O)c1ccc2cc[nH]c2c1. The third kappa shape index (κ3) is 2.92. The maximum absolute atomic E-state index is 11.9. The zero-order valence-electron chi connectivity index (χ0n) is 10.2. The van der Waals surface area contributed by atoms with E-state index in [0.29, 0.717) is 12.1 Å². The number of carbonyl (C=O) groups excluding carboxylic acids is 1. The number of benzene rings is 1. The first-order valence-corrected chi connectivity index (χ1v) is 6.10. The van der Waals surface area contributed by atoms with Crippen LogP contribution in [0.2, 0.25) is 0 Å². The lowest BCUT2D eigenvalue weighted by molar-refractivity contribution is 0.0953. The Morgan fingerprint density at radius 3 is 3.06 bits per heavy atom. The van der Waals surface area contributed by atoms with E-state index in [0.717, 1.165) is 30.2 Å². The van der Waals surface area contributed by atoms with Crippen molar-refractivity contribution in [3.05, 3.63) is 36.0 Å². The minimum absolute atomic E-state index is 0.0350. The quantitative estimate of drug-likeness (QED) is 0.612. The molecule has 3 nitrogen and oxygen atoms in total. The second-order valence-electron chi connectivity index (χ2n) is 4.20. The molecule has 2 rings (SSSR count). The van der Waals surface area contributed by atoms with E-state index >= 15 is 0 Å². The smallest absolute Gasteiger partial charge is 0.251 e. The Balaban J connectivity index is 1.90. The number of aromatic nitrogens is 1. The van der Waals surface area contributed by atoms with Crippen molar-refractivity contribution in [1.82, 2.24) is 10.3 Å². The lowest BCUT2D eigenvalue weighted by Gasteiger charge is -2.04. The van der Waals surface area contributed by atoms with Crippen molar-refractivity contribution in [1.29, 1.82) is 0 Å². The molecule has 18 heavy (non-hydrogen) atoms. The zero-order valence-corrected chi connectivity index (χ0v) is 10.2. The van der Waals surface area contributed by atoms with Gasteiger partial charge in [0.15, 0.2) is 0 Å². The summed E-state index contributed by atoms with van der Waals surface area (Å²) in [6, 6.07) is 7.63. The molecular formula is C15H16N2O. The molecule has 92 valence electrons. The van der Waals surface area contributed by atoms with Crippen LogP contribution in [0.15, 0.2) is 30.5 Å². The van der Waals surface area contributed by atoms with E-state index in [2.05, 4.69) is 16.2 Å². The third-order valence-electron chi connectivity index (χ3n) is 2.85. The van der Waals surface area contributed by atoms with E-state index in [1.807, 2.05) is 30.5 Å². The van der Waals surface area contributed by atoms with Gasteiger partial charge in [-0.1, -0.05) is 6.07 Å². The van der Waals surface area contributed by atoms with Crippen LogP contribution in [0.1, 0.15) is 29.6 Å². The number of nitrogens with one attached hydrogen (secondary N) is 2. The van der Waals surface area contributed by atoms with Crippen LogP contribution in [0, 0.1) is 12.3 Å². The van der Waals surface area contributed by atoms with Gasteiger partial charge in [-0.2, -0.15) is 0 Å². The molecule has 1 amide bonds. The van der Waals surface area contributed by atoms with E-state index in [-0.39, 0.29) is 5.91 Å². The van der Waals surface area contributed by atoms with Crippen molar-refractivity contribution < 1.29 is 4.79 Å². The molecule has 0 aliphatic rings. The highest BCUT2D eigenvalue weighted by molar-refractivity contribution is 5.97. The van der Waals surface area contributed by atoms with Gasteiger partial charge in [-0.15, -0.1) is 12.3 Å². The van der Waals surface area contributed by atoms with Crippen molar-refractivity contribution in [3.8, 4) is 12.3 Å². The van der Waals surface area contributed by atoms with Crippen molar-refractivity contribution in [2.45, 2.75) is 19.3 Å². The summed E-state index contributed by atoms with van der Waals surface area (Å²) in [5, 5.41) is 4.00. The molecule has 2 aromatic rings. The molecule has 0 saturated carbocycles. The second kappa shape index (κ2) is 5.92. The topological polar surface area (TPSA) is 44.9 Å². The highest BCUT2D eigenvalue weighted by atomic mass is 16.1. The molecule has 1 aromatic carbocycles. The monoisotopic (exact) mass is 240 g/mol. The number of hydrogen-bond donors (Lipinski definition) is 2. The standard InChI is InChI=1S/C15H16N2O/c1-2-3-4-5-9-17-15(18)13-7-6-12-8-10-16-14(12)11-13/h1,6-8,10-11,16H,3-5,9H2,(H,17,18). The van der Waals surface area contributed by atoms with E-state index < -0.39 is 0 Å². The van der Waals surface area contributed by atoms with Gasteiger partial charge in [0.25, 0.3) is 5.91 Å². The molecule has 0 bridgehead atoms. The Morgan fingerprint density at radius 2 is 2.22 bits per heavy atom. The number of carbonyl (C=O) groups is 1. The molecule has 0 atom stereocenters. The fraction of sp³-hybridized carbons (Fsp3) is 0.267. The van der Waals surface area contributed by atoms with Crippen LogP contribution in [-0.4, -0.2) is 17.4 Å². The van der Waals surface area contributed by atoms with Crippen LogP contribution in [-0.2, 0) is 0 Å². The van der Waals surface area contributed by atoms with Crippen molar-refractivity contribution in [2.75, 3.05) is 6.54 Å². The lowest BCUT2D eigenvalue weighted by atomic mass is 10.1. The molecule has 1 aromatic heterocycles. The van der Waals surface area contributed by atoms with Gasteiger partial charge in [0.1, 0.15) is 0 Å². The van der Waals surface area contributed by atoms with Crippen LogP contribution in [0.25, 0.3) is 10.9 Å². The predicted octanol–water partition coefficient (Wildman–Crippen LogP) is 2.70. The van der Waals surface area contributed by atoms with E-state index in [4.69, 9.17) is 6.42 Å². The Morgan fingerprint density at radius 1 is 1.33 bits per heavy atom. The molecule has 1 heterocycles. The van der Waals surface area contributed by atoms with Gasteiger partial charge in [0.2, 0.25) is 0 Å². The number of terminal acetylenes is 1. The maximum Gasteiger partial charge on any atom is 0.251 e.